The molecule has 0 bridgehead atoms. The molecular formula is C11H21ClF3NO. The molecule has 0 rings (SSSR count). The molecule has 0 aliphatic rings. The first-order valence-corrected chi connectivity index (χ1v) is 6.34. The van der Waals surface area contributed by atoms with E-state index < -0.39 is 12.8 Å². The van der Waals surface area contributed by atoms with E-state index in [4.69, 9.17) is 11.6 Å². The molecule has 104 valence electrons. The van der Waals surface area contributed by atoms with Gasteiger partial charge in [-0.3, -0.25) is 0 Å². The first kappa shape index (κ1) is 17.0. The largest absolute Gasteiger partial charge is 0.411 e. The summed E-state index contributed by atoms with van der Waals surface area (Å²) in [6.07, 6.45) is -2.35. The van der Waals surface area contributed by atoms with E-state index in [1.807, 2.05) is 0 Å². The van der Waals surface area contributed by atoms with Crippen LogP contribution in [0.1, 0.15) is 26.7 Å². The lowest BCUT2D eigenvalue weighted by molar-refractivity contribution is -0.173. The van der Waals surface area contributed by atoms with Gasteiger partial charge in [0, 0.05) is 19.0 Å². The summed E-state index contributed by atoms with van der Waals surface area (Å²) in [6.45, 7) is 4.12. The Labute approximate surface area is 106 Å². The quantitative estimate of drug-likeness (QED) is 0.515. The highest BCUT2D eigenvalue weighted by molar-refractivity contribution is 6.18. The Bertz CT molecular complexity index is 187. The Morgan fingerprint density at radius 3 is 2.18 bits per heavy atom. The highest BCUT2D eigenvalue weighted by Gasteiger charge is 2.27. The highest BCUT2D eigenvalue weighted by atomic mass is 35.5. The van der Waals surface area contributed by atoms with Crippen LogP contribution < -0.4 is 5.32 Å². The van der Waals surface area contributed by atoms with Gasteiger partial charge in [-0.25, -0.2) is 0 Å². The highest BCUT2D eigenvalue weighted by Crippen LogP contribution is 2.26. The van der Waals surface area contributed by atoms with Gasteiger partial charge in [0.25, 0.3) is 0 Å². The van der Waals surface area contributed by atoms with Crippen molar-refractivity contribution in [3.8, 4) is 0 Å². The van der Waals surface area contributed by atoms with E-state index in [1.54, 1.807) is 0 Å². The molecule has 0 radical (unpaired) electrons. The fourth-order valence-electron chi connectivity index (χ4n) is 1.42. The minimum Gasteiger partial charge on any atom is -0.371 e. The molecule has 0 saturated heterocycles. The SMILES string of the molecule is CCC(CC)(CCl)CNCCOCC(F)(F)F. The Morgan fingerprint density at radius 2 is 1.76 bits per heavy atom. The maximum atomic E-state index is 11.8. The van der Waals surface area contributed by atoms with Crippen LogP contribution >= 0.6 is 11.6 Å². The van der Waals surface area contributed by atoms with Gasteiger partial charge in [-0.05, 0) is 18.3 Å². The number of hydrogen-bond acceptors (Lipinski definition) is 2. The third-order valence-electron chi connectivity index (χ3n) is 2.97. The molecule has 0 aromatic heterocycles. The van der Waals surface area contributed by atoms with Crippen LogP contribution in [0.25, 0.3) is 0 Å². The van der Waals surface area contributed by atoms with E-state index >= 15 is 0 Å². The van der Waals surface area contributed by atoms with E-state index in [2.05, 4.69) is 23.9 Å². The minimum atomic E-state index is -4.24. The molecule has 17 heavy (non-hydrogen) atoms. The Hall–Kier alpha value is -0.0000000000000000555. The van der Waals surface area contributed by atoms with Gasteiger partial charge in [-0.1, -0.05) is 13.8 Å². The summed E-state index contributed by atoms with van der Waals surface area (Å²) in [5.41, 5.74) is 0.0333. The van der Waals surface area contributed by atoms with Crippen molar-refractivity contribution >= 4 is 11.6 Å². The zero-order valence-corrected chi connectivity index (χ0v) is 11.1. The number of hydrogen-bond donors (Lipinski definition) is 1. The van der Waals surface area contributed by atoms with Crippen molar-refractivity contribution in [2.24, 2.45) is 5.41 Å². The van der Waals surface area contributed by atoms with Crippen LogP contribution in [0.3, 0.4) is 0 Å². The summed E-state index contributed by atoms with van der Waals surface area (Å²) in [4.78, 5) is 0. The van der Waals surface area contributed by atoms with Gasteiger partial charge in [0.2, 0.25) is 0 Å². The average molecular weight is 276 g/mol. The summed E-state index contributed by atoms with van der Waals surface area (Å²) >= 11 is 5.90. The number of nitrogens with one attached hydrogen (secondary N) is 1. The van der Waals surface area contributed by atoms with Gasteiger partial charge in [0.05, 0.1) is 6.61 Å². The fraction of sp³-hybridized carbons (Fsp3) is 1.00. The summed E-state index contributed by atoms with van der Waals surface area (Å²) < 4.78 is 39.8. The molecule has 6 heteroatoms. The van der Waals surface area contributed by atoms with Crippen molar-refractivity contribution in [3.63, 3.8) is 0 Å². The molecule has 2 nitrogen and oxygen atoms in total. The van der Waals surface area contributed by atoms with Gasteiger partial charge in [0.1, 0.15) is 6.61 Å². The summed E-state index contributed by atoms with van der Waals surface area (Å²) in [7, 11) is 0. The number of ether oxygens (including phenoxy) is 1. The van der Waals surface area contributed by atoms with E-state index in [-0.39, 0.29) is 12.0 Å². The molecule has 0 heterocycles. The zero-order valence-electron chi connectivity index (χ0n) is 10.4. The maximum Gasteiger partial charge on any atom is 0.411 e. The van der Waals surface area contributed by atoms with Crippen molar-refractivity contribution in [1.29, 1.82) is 0 Å². The first-order chi connectivity index (χ1) is 7.89. The molecular weight excluding hydrogens is 255 g/mol. The normalized spacial score (nSPS) is 13.1. The number of alkyl halides is 4. The molecule has 0 spiro atoms. The van der Waals surface area contributed by atoms with Crippen molar-refractivity contribution in [2.75, 3.05) is 32.2 Å². The number of halogens is 4. The monoisotopic (exact) mass is 275 g/mol. The molecule has 1 N–H and O–H groups in total. The lowest BCUT2D eigenvalue weighted by atomic mass is 9.84. The predicted octanol–water partition coefficient (Wildman–Crippen LogP) is 3.20. The third-order valence-corrected chi connectivity index (χ3v) is 3.54. The molecule has 0 aromatic carbocycles. The van der Waals surface area contributed by atoms with Crippen LogP contribution in [0.4, 0.5) is 13.2 Å². The standard InChI is InChI=1S/C11H21ClF3NO/c1-3-10(4-2,7-12)8-16-5-6-17-9-11(13,14)15/h16H,3-9H2,1-2H3. The van der Waals surface area contributed by atoms with Crippen LogP contribution in [0.5, 0.6) is 0 Å². The summed E-state index contributed by atoms with van der Waals surface area (Å²) in [5.74, 6) is 0.552. The second-order valence-corrected chi connectivity index (χ2v) is 4.45. The van der Waals surface area contributed by atoms with Crippen molar-refractivity contribution in [3.05, 3.63) is 0 Å². The second kappa shape index (κ2) is 8.16. The van der Waals surface area contributed by atoms with E-state index in [9.17, 15) is 13.2 Å². The van der Waals surface area contributed by atoms with Crippen molar-refractivity contribution in [1.82, 2.24) is 5.32 Å². The molecule has 0 atom stereocenters. The van der Waals surface area contributed by atoms with Gasteiger partial charge in [0.15, 0.2) is 0 Å². The smallest absolute Gasteiger partial charge is 0.371 e. The molecule has 0 amide bonds. The van der Waals surface area contributed by atoms with Crippen molar-refractivity contribution < 1.29 is 17.9 Å². The molecule has 0 aliphatic heterocycles. The zero-order chi connectivity index (χ0) is 13.4. The van der Waals surface area contributed by atoms with Crippen LogP contribution in [-0.4, -0.2) is 38.4 Å². The lowest BCUT2D eigenvalue weighted by Crippen LogP contribution is -2.36. The molecule has 0 aliphatic carbocycles. The van der Waals surface area contributed by atoms with Crippen LogP contribution in [0, 0.1) is 5.41 Å². The van der Waals surface area contributed by atoms with E-state index in [1.165, 1.54) is 0 Å². The molecule has 0 saturated carbocycles. The average Bonchev–Trinajstić information content (AvgIpc) is 2.28. The number of rotatable bonds is 9. The van der Waals surface area contributed by atoms with Gasteiger partial charge >= 0.3 is 6.18 Å². The Kier molecular flexibility index (Phi) is 8.16. The summed E-state index contributed by atoms with van der Waals surface area (Å²) in [5, 5.41) is 3.09. The van der Waals surface area contributed by atoms with Gasteiger partial charge < -0.3 is 10.1 Å². The predicted molar refractivity (Wildman–Crippen MR) is 63.5 cm³/mol. The molecule has 0 unspecified atom stereocenters. The fourth-order valence-corrected chi connectivity index (χ4v) is 1.89. The molecule has 0 fully saturated rings. The van der Waals surface area contributed by atoms with Crippen molar-refractivity contribution in [2.45, 2.75) is 32.9 Å². The third kappa shape index (κ3) is 7.84. The van der Waals surface area contributed by atoms with Crippen LogP contribution in [0.15, 0.2) is 0 Å². The first-order valence-electron chi connectivity index (χ1n) is 5.80. The lowest BCUT2D eigenvalue weighted by Gasteiger charge is -2.29. The van der Waals surface area contributed by atoms with Crippen LogP contribution in [0.2, 0.25) is 0 Å². The van der Waals surface area contributed by atoms with Gasteiger partial charge in [-0.15, -0.1) is 11.6 Å². The minimum absolute atomic E-state index is 0.0333. The van der Waals surface area contributed by atoms with E-state index in [0.717, 1.165) is 12.8 Å². The van der Waals surface area contributed by atoms with Crippen LogP contribution in [-0.2, 0) is 4.74 Å². The topological polar surface area (TPSA) is 21.3 Å². The maximum absolute atomic E-state index is 11.8. The summed E-state index contributed by atoms with van der Waals surface area (Å²) in [6, 6.07) is 0. The van der Waals surface area contributed by atoms with E-state index in [0.29, 0.717) is 19.0 Å². The Balaban J connectivity index is 3.63. The molecule has 0 aromatic rings. The Morgan fingerprint density at radius 1 is 1.18 bits per heavy atom. The second-order valence-electron chi connectivity index (χ2n) is 4.19. The van der Waals surface area contributed by atoms with Gasteiger partial charge in [-0.2, -0.15) is 13.2 Å².